The average Bonchev–Trinajstić information content (AvgIpc) is 1.97. The molecule has 5 atom stereocenters. The largest absolute Gasteiger partial charge is 0.387 e. The van der Waals surface area contributed by atoms with Crippen molar-refractivity contribution >= 4 is 0 Å². The number of alkyl halides is 2. The summed E-state index contributed by atoms with van der Waals surface area (Å²) in [6.07, 6.45) is -10.2. The van der Waals surface area contributed by atoms with Crippen LogP contribution in [0.3, 0.4) is 0 Å². The van der Waals surface area contributed by atoms with Gasteiger partial charge in [0.15, 0.2) is 0 Å². The lowest BCUT2D eigenvalue weighted by Crippen LogP contribution is -2.54. The fourth-order valence-corrected chi connectivity index (χ4v) is 0.797. The number of rotatable bonds is 0. The number of hydrogen-bond donors (Lipinski definition) is 3. The molecule has 0 aromatic heterocycles. The van der Waals surface area contributed by atoms with E-state index in [2.05, 4.69) is 4.74 Å². The smallest absolute Gasteiger partial charge is 0.230 e. The van der Waals surface area contributed by atoms with Crippen LogP contribution < -0.4 is 0 Å². The van der Waals surface area contributed by atoms with E-state index >= 15 is 0 Å². The van der Waals surface area contributed by atoms with Crippen LogP contribution in [0.25, 0.3) is 0 Å². The summed E-state index contributed by atoms with van der Waals surface area (Å²) >= 11 is 0. The summed E-state index contributed by atoms with van der Waals surface area (Å²) < 4.78 is 28.3. The lowest BCUT2D eigenvalue weighted by molar-refractivity contribution is -0.288. The summed E-state index contributed by atoms with van der Waals surface area (Å²) in [5, 5.41) is 26.0. The lowest BCUT2D eigenvalue weighted by Gasteiger charge is -2.33. The molecule has 11 heavy (non-hydrogen) atoms. The molecule has 0 amide bonds. The standard InChI is InChI=1S/C5H8F2O4/c6-4-2(9)1(8)3(10)5(7)11-4/h1-5,8-10H/t1?,2-,3+,4+,5?/m1/s1. The van der Waals surface area contributed by atoms with Crippen molar-refractivity contribution in [1.29, 1.82) is 0 Å². The monoisotopic (exact) mass is 170 g/mol. The van der Waals surface area contributed by atoms with Gasteiger partial charge in [-0.2, -0.15) is 0 Å². The molecular weight excluding hydrogens is 162 g/mol. The van der Waals surface area contributed by atoms with Crippen LogP contribution in [-0.2, 0) is 4.74 Å². The van der Waals surface area contributed by atoms with E-state index in [0.717, 1.165) is 0 Å². The van der Waals surface area contributed by atoms with E-state index < -0.39 is 31.0 Å². The van der Waals surface area contributed by atoms with Gasteiger partial charge in [0.25, 0.3) is 0 Å². The maximum absolute atomic E-state index is 12.3. The molecule has 1 heterocycles. The van der Waals surface area contributed by atoms with Gasteiger partial charge in [0, 0.05) is 0 Å². The number of hydrogen-bond acceptors (Lipinski definition) is 4. The maximum atomic E-state index is 12.3. The van der Waals surface area contributed by atoms with Gasteiger partial charge in [-0.05, 0) is 0 Å². The predicted octanol–water partition coefficient (Wildman–Crippen LogP) is -1.31. The van der Waals surface area contributed by atoms with Crippen LogP contribution in [0, 0.1) is 0 Å². The highest BCUT2D eigenvalue weighted by molar-refractivity contribution is 4.84. The van der Waals surface area contributed by atoms with Crippen molar-refractivity contribution < 1.29 is 28.8 Å². The van der Waals surface area contributed by atoms with Crippen LogP contribution in [0.2, 0.25) is 0 Å². The molecule has 1 rings (SSSR count). The Kier molecular flexibility index (Phi) is 2.38. The number of aliphatic hydroxyl groups excluding tert-OH is 3. The Balaban J connectivity index is 2.63. The summed E-state index contributed by atoms with van der Waals surface area (Å²) in [5.41, 5.74) is 0. The minimum atomic E-state index is -2.29. The molecular formula is C5H8F2O4. The Labute approximate surface area is 61.0 Å². The number of ether oxygens (including phenoxy) is 1. The molecule has 4 nitrogen and oxygen atoms in total. The van der Waals surface area contributed by atoms with Crippen molar-refractivity contribution in [3.63, 3.8) is 0 Å². The Morgan fingerprint density at radius 3 is 1.55 bits per heavy atom. The summed E-state index contributed by atoms with van der Waals surface area (Å²) in [4.78, 5) is 0. The van der Waals surface area contributed by atoms with E-state index in [-0.39, 0.29) is 0 Å². The highest BCUT2D eigenvalue weighted by Crippen LogP contribution is 2.22. The molecule has 66 valence electrons. The molecule has 0 spiro atoms. The molecule has 0 saturated carbocycles. The molecule has 0 aromatic carbocycles. The lowest BCUT2D eigenvalue weighted by atomic mass is 10.1. The molecule has 0 bridgehead atoms. The molecule has 1 saturated heterocycles. The van der Waals surface area contributed by atoms with Gasteiger partial charge in [0.1, 0.15) is 18.3 Å². The van der Waals surface area contributed by atoms with Gasteiger partial charge in [-0.3, -0.25) is 0 Å². The summed E-state index contributed by atoms with van der Waals surface area (Å²) in [7, 11) is 0. The highest BCUT2D eigenvalue weighted by atomic mass is 19.2. The topological polar surface area (TPSA) is 69.9 Å². The first-order valence-corrected chi connectivity index (χ1v) is 3.02. The van der Waals surface area contributed by atoms with E-state index in [1.165, 1.54) is 0 Å². The summed E-state index contributed by atoms with van der Waals surface area (Å²) in [6.45, 7) is 0. The van der Waals surface area contributed by atoms with Crippen molar-refractivity contribution in [2.45, 2.75) is 31.0 Å². The second-order valence-corrected chi connectivity index (χ2v) is 2.31. The third-order valence-corrected chi connectivity index (χ3v) is 1.50. The van der Waals surface area contributed by atoms with E-state index in [1.54, 1.807) is 0 Å². The summed E-state index contributed by atoms with van der Waals surface area (Å²) in [5.74, 6) is 0. The molecule has 1 fully saturated rings. The SMILES string of the molecule is OC1[C@H](O)C(F)O[C@H](F)[C@@H]1O. The van der Waals surface area contributed by atoms with E-state index in [1.807, 2.05) is 0 Å². The minimum Gasteiger partial charge on any atom is -0.387 e. The predicted molar refractivity (Wildman–Crippen MR) is 28.9 cm³/mol. The van der Waals surface area contributed by atoms with Gasteiger partial charge in [0.2, 0.25) is 12.7 Å². The van der Waals surface area contributed by atoms with Crippen molar-refractivity contribution in [2.75, 3.05) is 0 Å². The molecule has 3 N–H and O–H groups in total. The van der Waals surface area contributed by atoms with Crippen molar-refractivity contribution in [1.82, 2.24) is 0 Å². The van der Waals surface area contributed by atoms with Gasteiger partial charge in [-0.25, -0.2) is 8.78 Å². The second-order valence-electron chi connectivity index (χ2n) is 2.31. The maximum Gasteiger partial charge on any atom is 0.230 e. The molecule has 6 heteroatoms. The molecule has 2 unspecified atom stereocenters. The first kappa shape index (κ1) is 8.79. The van der Waals surface area contributed by atoms with Crippen molar-refractivity contribution in [3.8, 4) is 0 Å². The van der Waals surface area contributed by atoms with Gasteiger partial charge in [-0.1, -0.05) is 0 Å². The Hall–Kier alpha value is -0.300. The third kappa shape index (κ3) is 1.48. The first-order chi connectivity index (χ1) is 5.04. The van der Waals surface area contributed by atoms with Crippen molar-refractivity contribution in [3.05, 3.63) is 0 Å². The van der Waals surface area contributed by atoms with Crippen molar-refractivity contribution in [2.24, 2.45) is 0 Å². The Morgan fingerprint density at radius 1 is 0.818 bits per heavy atom. The van der Waals surface area contributed by atoms with Gasteiger partial charge >= 0.3 is 0 Å². The van der Waals surface area contributed by atoms with E-state index in [9.17, 15) is 8.78 Å². The second kappa shape index (κ2) is 2.98. The molecule has 1 aliphatic rings. The number of aliphatic hydroxyl groups is 3. The fraction of sp³-hybridized carbons (Fsp3) is 1.00. The summed E-state index contributed by atoms with van der Waals surface area (Å²) in [6, 6.07) is 0. The average molecular weight is 170 g/mol. The van der Waals surface area contributed by atoms with E-state index in [0.29, 0.717) is 0 Å². The van der Waals surface area contributed by atoms with Crippen LogP contribution in [0.15, 0.2) is 0 Å². The van der Waals surface area contributed by atoms with Crippen LogP contribution in [0.1, 0.15) is 0 Å². The quantitative estimate of drug-likeness (QED) is 0.422. The normalized spacial score (nSPS) is 52.6. The zero-order valence-electron chi connectivity index (χ0n) is 5.39. The van der Waals surface area contributed by atoms with Gasteiger partial charge in [0.05, 0.1) is 0 Å². The van der Waals surface area contributed by atoms with Crippen LogP contribution in [0.4, 0.5) is 8.78 Å². The zero-order chi connectivity index (χ0) is 8.59. The van der Waals surface area contributed by atoms with E-state index in [4.69, 9.17) is 15.3 Å². The highest BCUT2D eigenvalue weighted by Gasteiger charge is 2.44. The number of halogens is 2. The minimum absolute atomic E-state index is 1.84. The molecule has 0 aromatic rings. The zero-order valence-corrected chi connectivity index (χ0v) is 5.39. The fourth-order valence-electron chi connectivity index (χ4n) is 0.797. The van der Waals surface area contributed by atoms with Gasteiger partial charge in [-0.15, -0.1) is 0 Å². The Bertz CT molecular complexity index is 130. The van der Waals surface area contributed by atoms with Crippen LogP contribution >= 0.6 is 0 Å². The third-order valence-electron chi connectivity index (χ3n) is 1.50. The van der Waals surface area contributed by atoms with Gasteiger partial charge < -0.3 is 20.1 Å². The Morgan fingerprint density at radius 2 is 1.18 bits per heavy atom. The molecule has 0 aliphatic carbocycles. The molecule has 0 radical (unpaired) electrons. The molecule has 1 aliphatic heterocycles. The van der Waals surface area contributed by atoms with Crippen LogP contribution in [-0.4, -0.2) is 46.3 Å². The van der Waals surface area contributed by atoms with Crippen LogP contribution in [0.5, 0.6) is 0 Å². The first-order valence-electron chi connectivity index (χ1n) is 3.02.